The van der Waals surface area contributed by atoms with Crippen LogP contribution in [0.25, 0.3) is 22.2 Å². The maximum Gasteiger partial charge on any atom is 0.251 e. The lowest BCUT2D eigenvalue weighted by Gasteiger charge is -2.15. The SMILES string of the molecule is C=CC(=O)N1CC[C@@H](Nc2n[nH]c3nccc(-c4ccc(CNC(=O)c5ccc(OC)cc5)c(F)c4)c23)C1. The largest absolute Gasteiger partial charge is 0.497 e. The van der Waals surface area contributed by atoms with E-state index >= 15 is 4.39 Å². The molecule has 10 heteroatoms. The van der Waals surface area contributed by atoms with E-state index in [1.54, 1.807) is 48.5 Å². The van der Waals surface area contributed by atoms with Crippen LogP contribution in [-0.4, -0.2) is 58.1 Å². The number of carbonyl (C=O) groups is 2. The lowest BCUT2D eigenvalue weighted by Crippen LogP contribution is -2.30. The number of ether oxygens (including phenoxy) is 1. The third-order valence-electron chi connectivity index (χ3n) is 6.63. The van der Waals surface area contributed by atoms with Crippen molar-refractivity contribution in [3.63, 3.8) is 0 Å². The van der Waals surface area contributed by atoms with E-state index in [1.165, 1.54) is 12.1 Å². The Morgan fingerprint density at radius 3 is 2.79 bits per heavy atom. The summed E-state index contributed by atoms with van der Waals surface area (Å²) in [5.74, 6) is 0.408. The molecule has 0 radical (unpaired) electrons. The molecule has 1 saturated heterocycles. The van der Waals surface area contributed by atoms with Crippen molar-refractivity contribution in [2.24, 2.45) is 0 Å². The molecule has 1 aliphatic rings. The molecular weight excluding hydrogens is 487 g/mol. The topological polar surface area (TPSA) is 112 Å². The van der Waals surface area contributed by atoms with Crippen LogP contribution in [-0.2, 0) is 11.3 Å². The van der Waals surface area contributed by atoms with E-state index in [0.29, 0.717) is 47.0 Å². The van der Waals surface area contributed by atoms with Crippen molar-refractivity contribution in [1.82, 2.24) is 25.4 Å². The van der Waals surface area contributed by atoms with Gasteiger partial charge in [-0.1, -0.05) is 18.7 Å². The molecule has 1 aliphatic heterocycles. The summed E-state index contributed by atoms with van der Waals surface area (Å²) in [5.41, 5.74) is 2.80. The van der Waals surface area contributed by atoms with Gasteiger partial charge >= 0.3 is 0 Å². The summed E-state index contributed by atoms with van der Waals surface area (Å²) in [4.78, 5) is 30.5. The predicted molar refractivity (Wildman–Crippen MR) is 142 cm³/mol. The molecular formula is C28H27FN6O3. The second kappa shape index (κ2) is 10.7. The summed E-state index contributed by atoms with van der Waals surface area (Å²) < 4.78 is 20.2. The van der Waals surface area contributed by atoms with Crippen molar-refractivity contribution in [1.29, 1.82) is 0 Å². The molecule has 3 N–H and O–H groups in total. The number of carbonyl (C=O) groups excluding carboxylic acids is 2. The fraction of sp³-hybridized carbons (Fsp3) is 0.214. The summed E-state index contributed by atoms with van der Waals surface area (Å²) in [7, 11) is 1.55. The number of halogens is 1. The van der Waals surface area contributed by atoms with Crippen molar-refractivity contribution in [2.75, 3.05) is 25.5 Å². The Morgan fingerprint density at radius 2 is 2.05 bits per heavy atom. The molecule has 38 heavy (non-hydrogen) atoms. The highest BCUT2D eigenvalue weighted by atomic mass is 19.1. The summed E-state index contributed by atoms with van der Waals surface area (Å²) in [5, 5.41) is 14.2. The van der Waals surface area contributed by atoms with E-state index in [9.17, 15) is 9.59 Å². The van der Waals surface area contributed by atoms with Gasteiger partial charge in [-0.05, 0) is 60.0 Å². The number of methoxy groups -OCH3 is 1. The zero-order chi connectivity index (χ0) is 26.6. The van der Waals surface area contributed by atoms with Gasteiger partial charge in [0.05, 0.1) is 12.5 Å². The number of fused-ring (bicyclic) bond motifs is 1. The highest BCUT2D eigenvalue weighted by Gasteiger charge is 2.26. The molecule has 3 heterocycles. The molecule has 5 rings (SSSR count). The Bertz CT molecular complexity index is 1500. The Morgan fingerprint density at radius 1 is 1.24 bits per heavy atom. The number of nitrogens with zero attached hydrogens (tertiary/aromatic N) is 3. The maximum absolute atomic E-state index is 15.1. The molecule has 2 amide bonds. The van der Waals surface area contributed by atoms with Crippen molar-refractivity contribution in [3.8, 4) is 16.9 Å². The second-order valence-electron chi connectivity index (χ2n) is 8.99. The number of rotatable bonds is 8. The molecule has 1 fully saturated rings. The van der Waals surface area contributed by atoms with Crippen LogP contribution in [0.2, 0.25) is 0 Å². The predicted octanol–water partition coefficient (Wildman–Crippen LogP) is 3.90. The van der Waals surface area contributed by atoms with Crippen molar-refractivity contribution in [2.45, 2.75) is 19.0 Å². The van der Waals surface area contributed by atoms with Crippen LogP contribution in [0.4, 0.5) is 10.2 Å². The van der Waals surface area contributed by atoms with Gasteiger partial charge in [-0.25, -0.2) is 9.37 Å². The molecule has 0 saturated carbocycles. The number of nitrogens with one attached hydrogen (secondary N) is 3. The standard InChI is InChI=1S/C28H27FN6O3/c1-3-24(36)35-13-11-20(16-35)32-27-25-22(10-12-30-26(25)33-34-27)18-4-5-19(23(29)14-18)15-31-28(37)17-6-8-21(38-2)9-7-17/h3-10,12,14,20H,1,11,13,15-16H2,2H3,(H,31,37)(H2,30,32,33,34)/t20-/m1/s1. The van der Waals surface area contributed by atoms with Gasteiger partial charge in [0.2, 0.25) is 5.91 Å². The molecule has 4 aromatic rings. The van der Waals surface area contributed by atoms with Gasteiger partial charge in [-0.3, -0.25) is 14.7 Å². The molecule has 194 valence electrons. The van der Waals surface area contributed by atoms with Crippen LogP contribution in [0.5, 0.6) is 5.75 Å². The van der Waals surface area contributed by atoms with Crippen molar-refractivity contribution in [3.05, 3.63) is 84.3 Å². The molecule has 1 atom stereocenters. The van der Waals surface area contributed by atoms with Crippen LogP contribution < -0.4 is 15.4 Å². The van der Waals surface area contributed by atoms with Crippen molar-refractivity contribution >= 4 is 28.7 Å². The number of aromatic nitrogens is 3. The third-order valence-corrected chi connectivity index (χ3v) is 6.63. The van der Waals surface area contributed by atoms with Gasteiger partial charge < -0.3 is 20.3 Å². The van der Waals surface area contributed by atoms with Crippen LogP contribution in [0.1, 0.15) is 22.3 Å². The maximum atomic E-state index is 15.1. The minimum atomic E-state index is -0.435. The van der Waals surface area contributed by atoms with Gasteiger partial charge in [0.15, 0.2) is 11.5 Å². The average molecular weight is 515 g/mol. The number of H-pyrrole nitrogens is 1. The summed E-state index contributed by atoms with van der Waals surface area (Å²) >= 11 is 0. The minimum Gasteiger partial charge on any atom is -0.497 e. The first-order valence-corrected chi connectivity index (χ1v) is 12.2. The summed E-state index contributed by atoms with van der Waals surface area (Å²) in [6.07, 6.45) is 3.73. The van der Waals surface area contributed by atoms with Gasteiger partial charge in [0.1, 0.15) is 11.6 Å². The second-order valence-corrected chi connectivity index (χ2v) is 8.99. The molecule has 0 bridgehead atoms. The number of aromatic amines is 1. The number of anilines is 1. The zero-order valence-electron chi connectivity index (χ0n) is 20.8. The first-order valence-electron chi connectivity index (χ1n) is 12.2. The van der Waals surface area contributed by atoms with Gasteiger partial charge in [-0.15, -0.1) is 0 Å². The van der Waals surface area contributed by atoms with Crippen molar-refractivity contribution < 1.29 is 18.7 Å². The fourth-order valence-corrected chi connectivity index (χ4v) is 4.57. The number of likely N-dealkylation sites (tertiary alicyclic amines) is 1. The van der Waals surface area contributed by atoms with Crippen LogP contribution in [0, 0.1) is 5.82 Å². The third kappa shape index (κ3) is 5.06. The average Bonchev–Trinajstić information content (AvgIpc) is 3.59. The summed E-state index contributed by atoms with van der Waals surface area (Å²) in [6, 6.07) is 13.4. The Labute approximate surface area is 218 Å². The van der Waals surface area contributed by atoms with Crippen LogP contribution in [0.3, 0.4) is 0 Å². The quantitative estimate of drug-likeness (QED) is 0.308. The van der Waals surface area contributed by atoms with E-state index in [2.05, 4.69) is 32.4 Å². The minimum absolute atomic E-state index is 0.0203. The van der Waals surface area contributed by atoms with Gasteiger partial charge in [0.25, 0.3) is 5.91 Å². The highest BCUT2D eigenvalue weighted by Crippen LogP contribution is 2.33. The number of pyridine rings is 1. The zero-order valence-corrected chi connectivity index (χ0v) is 20.8. The molecule has 0 spiro atoms. The highest BCUT2D eigenvalue weighted by molar-refractivity contribution is 6.00. The Balaban J connectivity index is 1.33. The number of benzene rings is 2. The monoisotopic (exact) mass is 514 g/mol. The fourth-order valence-electron chi connectivity index (χ4n) is 4.57. The van der Waals surface area contributed by atoms with E-state index in [1.807, 2.05) is 12.1 Å². The van der Waals surface area contributed by atoms with Gasteiger partial charge in [-0.2, -0.15) is 5.10 Å². The smallest absolute Gasteiger partial charge is 0.251 e. The van der Waals surface area contributed by atoms with E-state index in [-0.39, 0.29) is 24.4 Å². The normalized spacial score (nSPS) is 14.9. The molecule has 0 unspecified atom stereocenters. The van der Waals surface area contributed by atoms with Crippen LogP contribution >= 0.6 is 0 Å². The van der Waals surface area contributed by atoms with Gasteiger partial charge in [0, 0.05) is 43.0 Å². The van der Waals surface area contributed by atoms with E-state index < -0.39 is 5.82 Å². The first-order chi connectivity index (χ1) is 18.5. The van der Waals surface area contributed by atoms with E-state index in [0.717, 1.165) is 17.4 Å². The Kier molecular flexibility index (Phi) is 7.03. The van der Waals surface area contributed by atoms with Crippen LogP contribution in [0.15, 0.2) is 67.4 Å². The molecule has 2 aromatic heterocycles. The number of amides is 2. The lowest BCUT2D eigenvalue weighted by atomic mass is 10.0. The molecule has 2 aromatic carbocycles. The number of hydrogen-bond acceptors (Lipinski definition) is 6. The Hall–Kier alpha value is -4.73. The number of hydrogen-bond donors (Lipinski definition) is 3. The lowest BCUT2D eigenvalue weighted by molar-refractivity contribution is -0.125. The van der Waals surface area contributed by atoms with E-state index in [4.69, 9.17) is 4.74 Å². The molecule has 0 aliphatic carbocycles. The summed E-state index contributed by atoms with van der Waals surface area (Å²) in [6.45, 7) is 4.78. The first kappa shape index (κ1) is 24.9. The molecule has 9 nitrogen and oxygen atoms in total.